The molecule has 0 radical (unpaired) electrons. The first-order valence-electron chi connectivity index (χ1n) is 7.35. The van der Waals surface area contributed by atoms with E-state index >= 15 is 0 Å². The Morgan fingerprint density at radius 3 is 2.53 bits per heavy atom. The second kappa shape index (κ2) is 6.52. The van der Waals surface area contributed by atoms with Crippen LogP contribution in [0.2, 0.25) is 0 Å². The van der Waals surface area contributed by atoms with Gasteiger partial charge >= 0.3 is 0 Å². The van der Waals surface area contributed by atoms with Crippen LogP contribution in [0.1, 0.15) is 33.1 Å². The molecule has 2 atom stereocenters. The van der Waals surface area contributed by atoms with Crippen LogP contribution < -0.4 is 5.32 Å². The number of sulfonamides is 1. The van der Waals surface area contributed by atoms with Crippen LogP contribution in [-0.4, -0.2) is 56.9 Å². The molecular weight excluding hydrogens is 264 g/mol. The summed E-state index contributed by atoms with van der Waals surface area (Å²) in [6.07, 6.45) is 2.20. The van der Waals surface area contributed by atoms with Gasteiger partial charge < -0.3 is 10.1 Å². The lowest BCUT2D eigenvalue weighted by Gasteiger charge is -2.38. The Balaban J connectivity index is 1.98. The number of nitrogens with one attached hydrogen (secondary N) is 1. The fraction of sp³-hybridized carbons (Fsp3) is 1.00. The summed E-state index contributed by atoms with van der Waals surface area (Å²) < 4.78 is 32.2. The molecule has 1 N–H and O–H groups in total. The van der Waals surface area contributed by atoms with Gasteiger partial charge in [-0.1, -0.05) is 13.8 Å². The second-order valence-electron chi connectivity index (χ2n) is 5.64. The fourth-order valence-electron chi connectivity index (χ4n) is 3.09. The van der Waals surface area contributed by atoms with E-state index in [0.717, 1.165) is 13.0 Å². The zero-order chi connectivity index (χ0) is 13.9. The van der Waals surface area contributed by atoms with Gasteiger partial charge in [0.05, 0.1) is 5.25 Å². The lowest BCUT2D eigenvalue weighted by atomic mass is 9.95. The summed E-state index contributed by atoms with van der Waals surface area (Å²) in [5.74, 6) is 0.378. The number of hydrogen-bond acceptors (Lipinski definition) is 4. The summed E-state index contributed by atoms with van der Waals surface area (Å²) in [6.45, 7) is 7.64. The first-order chi connectivity index (χ1) is 9.05. The van der Waals surface area contributed by atoms with E-state index in [1.165, 1.54) is 0 Å². The van der Waals surface area contributed by atoms with Gasteiger partial charge in [-0.25, -0.2) is 12.7 Å². The van der Waals surface area contributed by atoms with Crippen LogP contribution in [0, 0.1) is 5.92 Å². The predicted molar refractivity (Wildman–Crippen MR) is 75.6 cm³/mol. The van der Waals surface area contributed by atoms with Crippen molar-refractivity contribution in [1.29, 1.82) is 0 Å². The topological polar surface area (TPSA) is 58.6 Å². The van der Waals surface area contributed by atoms with Crippen LogP contribution in [0.15, 0.2) is 0 Å². The standard InChI is InChI=1S/C13H26N2O3S/c1-3-14-13-4-7-15(10-11(13)2)19(16,17)12-5-8-18-9-6-12/h11-14H,3-10H2,1-2H3. The van der Waals surface area contributed by atoms with E-state index in [-0.39, 0.29) is 5.25 Å². The van der Waals surface area contributed by atoms with E-state index in [9.17, 15) is 8.42 Å². The minimum atomic E-state index is -3.13. The molecule has 112 valence electrons. The Hall–Kier alpha value is -0.170. The van der Waals surface area contributed by atoms with Gasteiger partial charge in [-0.3, -0.25) is 0 Å². The molecule has 5 nitrogen and oxygen atoms in total. The molecule has 2 heterocycles. The molecule has 2 aliphatic heterocycles. The molecule has 0 aliphatic carbocycles. The van der Waals surface area contributed by atoms with E-state index in [0.29, 0.717) is 51.1 Å². The largest absolute Gasteiger partial charge is 0.381 e. The van der Waals surface area contributed by atoms with Crippen LogP contribution in [0.5, 0.6) is 0 Å². The van der Waals surface area contributed by atoms with Gasteiger partial charge in [-0.15, -0.1) is 0 Å². The molecule has 0 bridgehead atoms. The third-order valence-corrected chi connectivity index (χ3v) is 6.65. The molecule has 2 rings (SSSR count). The van der Waals surface area contributed by atoms with Gasteiger partial charge in [0.25, 0.3) is 0 Å². The monoisotopic (exact) mass is 290 g/mol. The normalized spacial score (nSPS) is 31.5. The van der Waals surface area contributed by atoms with Crippen molar-refractivity contribution in [1.82, 2.24) is 9.62 Å². The highest BCUT2D eigenvalue weighted by molar-refractivity contribution is 7.89. The third kappa shape index (κ3) is 3.48. The number of rotatable bonds is 4. The number of ether oxygens (including phenoxy) is 1. The van der Waals surface area contributed by atoms with Crippen molar-refractivity contribution in [3.8, 4) is 0 Å². The fourth-order valence-corrected chi connectivity index (χ4v) is 5.10. The molecule has 2 saturated heterocycles. The van der Waals surface area contributed by atoms with E-state index in [1.54, 1.807) is 4.31 Å². The minimum Gasteiger partial charge on any atom is -0.381 e. The van der Waals surface area contributed by atoms with Crippen molar-refractivity contribution in [2.75, 3.05) is 32.8 Å². The average Bonchev–Trinajstić information content (AvgIpc) is 2.42. The predicted octanol–water partition coefficient (Wildman–Crippen LogP) is 0.815. The van der Waals surface area contributed by atoms with Gasteiger partial charge in [-0.05, 0) is 31.7 Å². The Morgan fingerprint density at radius 2 is 1.95 bits per heavy atom. The van der Waals surface area contributed by atoms with Crippen molar-refractivity contribution in [3.63, 3.8) is 0 Å². The Kier molecular flexibility index (Phi) is 5.22. The summed E-state index contributed by atoms with van der Waals surface area (Å²) in [7, 11) is -3.13. The van der Waals surface area contributed by atoms with Crippen molar-refractivity contribution in [2.45, 2.75) is 44.4 Å². The highest BCUT2D eigenvalue weighted by atomic mass is 32.2. The molecule has 2 unspecified atom stereocenters. The molecule has 0 aromatic carbocycles. The van der Waals surface area contributed by atoms with E-state index in [1.807, 2.05) is 0 Å². The Labute approximate surface area is 116 Å². The van der Waals surface area contributed by atoms with E-state index < -0.39 is 10.0 Å². The lowest BCUT2D eigenvalue weighted by Crippen LogP contribution is -2.52. The third-order valence-electron chi connectivity index (χ3n) is 4.28. The van der Waals surface area contributed by atoms with Crippen molar-refractivity contribution in [2.24, 2.45) is 5.92 Å². The van der Waals surface area contributed by atoms with Gasteiger partial charge in [0, 0.05) is 32.3 Å². The molecule has 0 amide bonds. The first kappa shape index (κ1) is 15.2. The smallest absolute Gasteiger partial charge is 0.217 e. The van der Waals surface area contributed by atoms with Gasteiger partial charge in [0.2, 0.25) is 10.0 Å². The van der Waals surface area contributed by atoms with Gasteiger partial charge in [0.15, 0.2) is 0 Å². The van der Waals surface area contributed by atoms with Crippen molar-refractivity contribution < 1.29 is 13.2 Å². The van der Waals surface area contributed by atoms with E-state index in [4.69, 9.17) is 4.74 Å². The lowest BCUT2D eigenvalue weighted by molar-refractivity contribution is 0.0964. The molecule has 2 aliphatic rings. The summed E-state index contributed by atoms with van der Waals surface area (Å²) in [6, 6.07) is 0.450. The maximum atomic E-state index is 12.6. The summed E-state index contributed by atoms with van der Waals surface area (Å²) >= 11 is 0. The summed E-state index contributed by atoms with van der Waals surface area (Å²) in [5, 5.41) is 3.21. The molecule has 0 saturated carbocycles. The second-order valence-corrected chi connectivity index (χ2v) is 7.86. The summed E-state index contributed by atoms with van der Waals surface area (Å²) in [4.78, 5) is 0. The van der Waals surface area contributed by atoms with Crippen molar-refractivity contribution in [3.05, 3.63) is 0 Å². The summed E-state index contributed by atoms with van der Waals surface area (Å²) in [5.41, 5.74) is 0. The van der Waals surface area contributed by atoms with Crippen LogP contribution in [0.4, 0.5) is 0 Å². The van der Waals surface area contributed by atoms with Gasteiger partial charge in [-0.2, -0.15) is 0 Å². The Morgan fingerprint density at radius 1 is 1.26 bits per heavy atom. The molecule has 0 spiro atoms. The van der Waals surface area contributed by atoms with Crippen molar-refractivity contribution >= 4 is 10.0 Å². The average molecular weight is 290 g/mol. The maximum Gasteiger partial charge on any atom is 0.217 e. The van der Waals surface area contributed by atoms with Crippen LogP contribution >= 0.6 is 0 Å². The molecule has 6 heteroatoms. The molecule has 0 aromatic rings. The molecule has 2 fully saturated rings. The maximum absolute atomic E-state index is 12.6. The molecule has 0 aromatic heterocycles. The number of nitrogens with zero attached hydrogens (tertiary/aromatic N) is 1. The highest BCUT2D eigenvalue weighted by Gasteiger charge is 2.37. The van der Waals surface area contributed by atoms with Gasteiger partial charge in [0.1, 0.15) is 0 Å². The number of hydrogen-bond donors (Lipinski definition) is 1. The SMILES string of the molecule is CCNC1CCN(S(=O)(=O)C2CCOCC2)CC1C. The zero-order valence-corrected chi connectivity index (χ0v) is 12.8. The minimum absolute atomic E-state index is 0.232. The van der Waals surface area contributed by atoms with Crippen LogP contribution in [0.3, 0.4) is 0 Å². The quantitative estimate of drug-likeness (QED) is 0.832. The first-order valence-corrected chi connectivity index (χ1v) is 8.86. The molecule has 19 heavy (non-hydrogen) atoms. The highest BCUT2D eigenvalue weighted by Crippen LogP contribution is 2.25. The zero-order valence-electron chi connectivity index (χ0n) is 12.0. The van der Waals surface area contributed by atoms with Crippen LogP contribution in [-0.2, 0) is 14.8 Å². The number of piperidine rings is 1. The van der Waals surface area contributed by atoms with Crippen LogP contribution in [0.25, 0.3) is 0 Å². The Bertz CT molecular complexity index is 379. The van der Waals surface area contributed by atoms with E-state index in [2.05, 4.69) is 19.2 Å². The molecular formula is C13H26N2O3S.